The summed E-state index contributed by atoms with van der Waals surface area (Å²) in [5.41, 5.74) is 0.165. The maximum atomic E-state index is 12.4. The maximum absolute atomic E-state index is 12.4. The van der Waals surface area contributed by atoms with Crippen molar-refractivity contribution < 1.29 is 9.59 Å². The molecular formula is C34H60N6O2. The first kappa shape index (κ1) is 31.1. The van der Waals surface area contributed by atoms with Crippen molar-refractivity contribution in [2.75, 3.05) is 27.2 Å². The van der Waals surface area contributed by atoms with Gasteiger partial charge in [-0.2, -0.15) is 0 Å². The van der Waals surface area contributed by atoms with Crippen LogP contribution in [0.5, 0.6) is 0 Å². The molecule has 8 nitrogen and oxygen atoms in total. The van der Waals surface area contributed by atoms with E-state index in [2.05, 4.69) is 65.9 Å². The van der Waals surface area contributed by atoms with E-state index in [9.17, 15) is 9.59 Å². The Hall–Kier alpha value is -0.900. The number of fused-ring (bicyclic) bond motifs is 6. The van der Waals surface area contributed by atoms with Crippen LogP contribution in [0.3, 0.4) is 0 Å². The molecule has 7 rings (SSSR count). The van der Waals surface area contributed by atoms with E-state index in [0.29, 0.717) is 71.7 Å². The number of piperidine rings is 2. The summed E-state index contributed by atoms with van der Waals surface area (Å²) in [6.07, 6.45) is 13.1. The van der Waals surface area contributed by atoms with Gasteiger partial charge in [0.2, 0.25) is 0 Å². The molecule has 42 heavy (non-hydrogen) atoms. The Kier molecular flexibility index (Phi) is 8.98. The van der Waals surface area contributed by atoms with Crippen LogP contribution in [0.1, 0.15) is 92.4 Å². The largest absolute Gasteiger partial charge is 0.312 e. The summed E-state index contributed by atoms with van der Waals surface area (Å²) in [5.74, 6) is 4.33. The number of hydrogen-bond donors (Lipinski definition) is 4. The van der Waals surface area contributed by atoms with E-state index in [1.54, 1.807) is 6.92 Å². The van der Waals surface area contributed by atoms with Crippen LogP contribution in [0.15, 0.2) is 0 Å². The Balaban J connectivity index is 0.000000151. The van der Waals surface area contributed by atoms with Crippen molar-refractivity contribution in [3.8, 4) is 0 Å². The van der Waals surface area contributed by atoms with Gasteiger partial charge in [0.25, 0.3) is 0 Å². The van der Waals surface area contributed by atoms with Crippen LogP contribution in [0.25, 0.3) is 0 Å². The molecular weight excluding hydrogens is 524 g/mol. The predicted octanol–water partition coefficient (Wildman–Crippen LogP) is 3.17. The molecule has 1 saturated carbocycles. The zero-order chi connectivity index (χ0) is 29.9. The van der Waals surface area contributed by atoms with Gasteiger partial charge in [-0.3, -0.25) is 30.0 Å². The molecule has 7 aliphatic rings. The second-order valence-electron chi connectivity index (χ2n) is 16.2. The van der Waals surface area contributed by atoms with E-state index >= 15 is 0 Å². The van der Waals surface area contributed by atoms with Crippen molar-refractivity contribution in [1.82, 2.24) is 31.1 Å². The first-order valence-electron chi connectivity index (χ1n) is 17.4. The van der Waals surface area contributed by atoms with Crippen LogP contribution in [0.4, 0.5) is 0 Å². The van der Waals surface area contributed by atoms with Crippen LogP contribution in [-0.2, 0) is 9.59 Å². The van der Waals surface area contributed by atoms with Gasteiger partial charge in [-0.05, 0) is 102 Å². The molecule has 0 spiro atoms. The van der Waals surface area contributed by atoms with Crippen LogP contribution >= 0.6 is 0 Å². The highest BCUT2D eigenvalue weighted by atomic mass is 16.1. The molecule has 12 unspecified atom stereocenters. The van der Waals surface area contributed by atoms with Gasteiger partial charge < -0.3 is 10.6 Å². The summed E-state index contributed by atoms with van der Waals surface area (Å²) in [5, 5.41) is 15.0. The Morgan fingerprint density at radius 2 is 1.31 bits per heavy atom. The summed E-state index contributed by atoms with van der Waals surface area (Å²) in [6, 6.07) is 1.40. The number of nitrogens with one attached hydrogen (secondary N) is 4. The Morgan fingerprint density at radius 1 is 0.690 bits per heavy atom. The van der Waals surface area contributed by atoms with E-state index in [4.69, 9.17) is 0 Å². The lowest BCUT2D eigenvalue weighted by Gasteiger charge is -2.40. The van der Waals surface area contributed by atoms with Crippen molar-refractivity contribution in [2.24, 2.45) is 40.9 Å². The van der Waals surface area contributed by atoms with Gasteiger partial charge in [0.05, 0.1) is 30.6 Å². The molecule has 6 heterocycles. The molecule has 12 atom stereocenters. The number of Topliss-reactive ketones (excluding diaryl/α,β-unsaturated/α-hetero) is 2. The fourth-order valence-electron chi connectivity index (χ4n) is 11.3. The lowest BCUT2D eigenvalue weighted by atomic mass is 9.66. The minimum absolute atomic E-state index is 0.0698. The van der Waals surface area contributed by atoms with Gasteiger partial charge in [-0.25, -0.2) is 0 Å². The first-order chi connectivity index (χ1) is 20.0. The fourth-order valence-corrected chi connectivity index (χ4v) is 11.3. The highest BCUT2D eigenvalue weighted by Crippen LogP contribution is 2.52. The van der Waals surface area contributed by atoms with E-state index in [1.807, 2.05) is 6.92 Å². The molecule has 4 N–H and O–H groups in total. The van der Waals surface area contributed by atoms with Gasteiger partial charge in [-0.1, -0.05) is 52.9 Å². The second kappa shape index (κ2) is 12.1. The van der Waals surface area contributed by atoms with Crippen LogP contribution in [0.2, 0.25) is 0 Å². The number of likely N-dealkylation sites (N-methyl/N-ethyl adjacent to an activating group) is 2. The third kappa shape index (κ3) is 5.34. The number of rotatable bonds is 3. The van der Waals surface area contributed by atoms with Gasteiger partial charge in [0.1, 0.15) is 11.6 Å². The second-order valence-corrected chi connectivity index (χ2v) is 16.2. The molecule has 0 aromatic carbocycles. The smallest absolute Gasteiger partial charge is 0.147 e. The first-order valence-corrected chi connectivity index (χ1v) is 17.4. The molecule has 7 fully saturated rings. The van der Waals surface area contributed by atoms with E-state index < -0.39 is 0 Å². The number of nitrogens with zero attached hydrogens (tertiary/aromatic N) is 2. The molecule has 0 aromatic rings. The van der Waals surface area contributed by atoms with Gasteiger partial charge in [0.15, 0.2) is 0 Å². The molecule has 0 radical (unpaired) electrons. The average Bonchev–Trinajstić information content (AvgIpc) is 3.67. The van der Waals surface area contributed by atoms with E-state index in [1.165, 1.54) is 57.8 Å². The van der Waals surface area contributed by atoms with E-state index in [-0.39, 0.29) is 17.5 Å². The molecule has 8 heteroatoms. The number of hydrogen-bond acceptors (Lipinski definition) is 8. The third-order valence-electron chi connectivity index (χ3n) is 12.7. The topological polar surface area (TPSA) is 88.7 Å². The molecule has 0 aromatic heterocycles. The van der Waals surface area contributed by atoms with Crippen molar-refractivity contribution >= 4 is 11.6 Å². The number of carbonyl (C=O) groups is 2. The normalized spacial score (nSPS) is 45.9. The van der Waals surface area contributed by atoms with Gasteiger partial charge in [0, 0.05) is 18.0 Å². The Morgan fingerprint density at radius 3 is 1.98 bits per heavy atom. The zero-order valence-electron chi connectivity index (χ0n) is 27.5. The number of likely N-dealkylation sites (tertiary alicyclic amines) is 2. The maximum Gasteiger partial charge on any atom is 0.147 e. The van der Waals surface area contributed by atoms with Crippen molar-refractivity contribution in [2.45, 2.75) is 135 Å². The minimum Gasteiger partial charge on any atom is -0.312 e. The average molecular weight is 585 g/mol. The van der Waals surface area contributed by atoms with Crippen molar-refractivity contribution in [1.29, 1.82) is 0 Å². The third-order valence-corrected chi connectivity index (χ3v) is 12.7. The molecule has 238 valence electrons. The summed E-state index contributed by atoms with van der Waals surface area (Å²) in [7, 11) is 4.30. The number of ketones is 2. The minimum atomic E-state index is 0.0698. The monoisotopic (exact) mass is 584 g/mol. The van der Waals surface area contributed by atoms with Crippen LogP contribution < -0.4 is 21.3 Å². The zero-order valence-corrected chi connectivity index (χ0v) is 27.5. The van der Waals surface area contributed by atoms with Crippen LogP contribution in [0, 0.1) is 40.9 Å². The molecule has 6 saturated heterocycles. The highest BCUT2D eigenvalue weighted by molar-refractivity contribution is 5.83. The summed E-state index contributed by atoms with van der Waals surface area (Å²) < 4.78 is 0. The van der Waals surface area contributed by atoms with E-state index in [0.717, 1.165) is 19.0 Å². The number of carbonyl (C=O) groups excluding carboxylic acids is 2. The molecule has 0 amide bonds. The lowest BCUT2D eigenvalue weighted by Crippen LogP contribution is -2.53. The Bertz CT molecular complexity index is 993. The predicted molar refractivity (Wildman–Crippen MR) is 168 cm³/mol. The standard InChI is InChI=1S/C18H31N3O.C16H29N3O/c1-11(22)17-14(12-7-4-3-5-8-12)15-16-13(9-6-10-19-16)20-18(15)21(17)2;1-9(20)13-12(16(2,3)4)11-10-7-6-8-17-14(10)18-15(11)19(13)5/h12-20H,3-10H2,1-2H3;10-15,17-18H,6-8H2,1-5H3. The van der Waals surface area contributed by atoms with Crippen molar-refractivity contribution in [3.05, 3.63) is 0 Å². The summed E-state index contributed by atoms with van der Waals surface area (Å²) >= 11 is 0. The van der Waals surface area contributed by atoms with Crippen molar-refractivity contribution in [3.63, 3.8) is 0 Å². The van der Waals surface area contributed by atoms with Gasteiger partial charge >= 0.3 is 0 Å². The Labute approximate surface area is 255 Å². The SMILES string of the molecule is CC(=O)C1C(C(C)(C)C)C2C3CCCNC3NC2N1C.CC(=O)C1C(C2CCCCC2)C2C3NCCCC3NC2N1C. The summed E-state index contributed by atoms with van der Waals surface area (Å²) in [6.45, 7) is 12.7. The molecule has 6 aliphatic heterocycles. The molecule has 1 aliphatic carbocycles. The quantitative estimate of drug-likeness (QED) is 0.403. The van der Waals surface area contributed by atoms with Gasteiger partial charge in [-0.15, -0.1) is 0 Å². The fraction of sp³-hybridized carbons (Fsp3) is 0.941. The molecule has 0 bridgehead atoms. The highest BCUT2D eigenvalue weighted by Gasteiger charge is 2.61. The van der Waals surface area contributed by atoms with Crippen LogP contribution in [-0.4, -0.2) is 91.2 Å². The summed E-state index contributed by atoms with van der Waals surface area (Å²) in [4.78, 5) is 29.3. The lowest BCUT2D eigenvalue weighted by molar-refractivity contribution is -0.124.